The van der Waals surface area contributed by atoms with Crippen LogP contribution >= 0.6 is 39.1 Å². The summed E-state index contributed by atoms with van der Waals surface area (Å²) in [6.07, 6.45) is 0. The number of rotatable bonds is 3. The lowest BCUT2D eigenvalue weighted by Crippen LogP contribution is -1.99. The third kappa shape index (κ3) is 3.56. The van der Waals surface area contributed by atoms with Crippen LogP contribution in [0.25, 0.3) is 0 Å². The van der Waals surface area contributed by atoms with Gasteiger partial charge in [0.2, 0.25) is 0 Å². The van der Waals surface area contributed by atoms with Crippen LogP contribution in [0, 0.1) is 0 Å². The summed E-state index contributed by atoms with van der Waals surface area (Å²) < 4.78 is 6.36. The molecule has 0 spiro atoms. The molecule has 0 aliphatic carbocycles. The van der Waals surface area contributed by atoms with E-state index in [9.17, 15) is 0 Å². The normalized spacial score (nSPS) is 10.3. The van der Waals surface area contributed by atoms with Crippen LogP contribution in [-0.2, 0) is 6.61 Å². The molecule has 0 saturated carbocycles. The van der Waals surface area contributed by atoms with E-state index in [0.29, 0.717) is 28.2 Å². The Bertz CT molecular complexity index is 519. The largest absolute Gasteiger partial charge is 0.486 e. The number of halogens is 3. The summed E-state index contributed by atoms with van der Waals surface area (Å²) in [5.41, 5.74) is 0.705. The lowest BCUT2D eigenvalue weighted by molar-refractivity contribution is 0.298. The number of nitrogens with zero attached hydrogens (tertiary/aromatic N) is 2. The van der Waals surface area contributed by atoms with Crippen molar-refractivity contribution in [1.82, 2.24) is 10.2 Å². The van der Waals surface area contributed by atoms with Gasteiger partial charge < -0.3 is 4.74 Å². The molecule has 0 fully saturated rings. The SMILES string of the molecule is Clc1ccc(OCc2ccc(Cl)nn2)c(Br)c1. The van der Waals surface area contributed by atoms with Gasteiger partial charge in [0.1, 0.15) is 18.1 Å². The molecule has 0 N–H and O–H groups in total. The van der Waals surface area contributed by atoms with Crippen LogP contribution in [0.5, 0.6) is 5.75 Å². The monoisotopic (exact) mass is 332 g/mol. The van der Waals surface area contributed by atoms with Gasteiger partial charge >= 0.3 is 0 Å². The number of aromatic nitrogens is 2. The Morgan fingerprint density at radius 2 is 1.94 bits per heavy atom. The van der Waals surface area contributed by atoms with E-state index < -0.39 is 0 Å². The summed E-state index contributed by atoms with van der Waals surface area (Å²) in [5, 5.41) is 8.63. The third-order valence-corrected chi connectivity index (χ3v) is 3.01. The topological polar surface area (TPSA) is 35.0 Å². The minimum atomic E-state index is 0.324. The van der Waals surface area contributed by atoms with Crippen molar-refractivity contribution < 1.29 is 4.74 Å². The maximum Gasteiger partial charge on any atom is 0.151 e. The Balaban J connectivity index is 2.04. The highest BCUT2D eigenvalue weighted by Crippen LogP contribution is 2.28. The zero-order valence-corrected chi connectivity index (χ0v) is 11.6. The maximum absolute atomic E-state index is 5.83. The molecule has 17 heavy (non-hydrogen) atoms. The van der Waals surface area contributed by atoms with Crippen LogP contribution in [0.4, 0.5) is 0 Å². The third-order valence-electron chi connectivity index (χ3n) is 1.96. The van der Waals surface area contributed by atoms with Crippen molar-refractivity contribution in [2.45, 2.75) is 6.61 Å². The summed E-state index contributed by atoms with van der Waals surface area (Å²) >= 11 is 14.8. The lowest BCUT2D eigenvalue weighted by atomic mass is 10.3. The first-order valence-corrected chi connectivity index (χ1v) is 6.26. The molecule has 0 aliphatic heterocycles. The van der Waals surface area contributed by atoms with E-state index in [-0.39, 0.29) is 0 Å². The zero-order chi connectivity index (χ0) is 12.3. The van der Waals surface area contributed by atoms with Crippen LogP contribution in [0.1, 0.15) is 5.69 Å². The number of hydrogen-bond donors (Lipinski definition) is 0. The minimum Gasteiger partial charge on any atom is -0.486 e. The second kappa shape index (κ2) is 5.67. The lowest BCUT2D eigenvalue weighted by Gasteiger charge is -2.07. The summed E-state index contributed by atoms with van der Waals surface area (Å²) in [4.78, 5) is 0. The highest BCUT2D eigenvalue weighted by atomic mass is 79.9. The van der Waals surface area contributed by atoms with Crippen LogP contribution < -0.4 is 4.74 Å². The Labute approximate surface area is 117 Å². The first-order valence-electron chi connectivity index (χ1n) is 4.71. The fourth-order valence-corrected chi connectivity index (χ4v) is 2.06. The number of hydrogen-bond acceptors (Lipinski definition) is 3. The van der Waals surface area contributed by atoms with Crippen molar-refractivity contribution in [3.8, 4) is 5.75 Å². The highest BCUT2D eigenvalue weighted by Gasteiger charge is 2.03. The fraction of sp³-hybridized carbons (Fsp3) is 0.0909. The number of benzene rings is 1. The summed E-state index contributed by atoms with van der Waals surface area (Å²) in [6, 6.07) is 8.75. The Morgan fingerprint density at radius 1 is 1.12 bits per heavy atom. The quantitative estimate of drug-likeness (QED) is 0.847. The van der Waals surface area contributed by atoms with E-state index in [1.807, 2.05) is 0 Å². The van der Waals surface area contributed by atoms with Crippen molar-refractivity contribution in [3.63, 3.8) is 0 Å². The van der Waals surface area contributed by atoms with Crippen molar-refractivity contribution >= 4 is 39.1 Å². The first-order chi connectivity index (χ1) is 8.15. The van der Waals surface area contributed by atoms with Gasteiger partial charge in [0, 0.05) is 5.02 Å². The van der Waals surface area contributed by atoms with Crippen LogP contribution in [0.2, 0.25) is 10.2 Å². The molecule has 1 aromatic heterocycles. The molecule has 6 heteroatoms. The molecule has 0 aliphatic rings. The van der Waals surface area contributed by atoms with Crippen molar-refractivity contribution in [2.24, 2.45) is 0 Å². The first kappa shape index (κ1) is 12.6. The predicted octanol–water partition coefficient (Wildman–Crippen LogP) is 4.12. The van der Waals surface area contributed by atoms with Gasteiger partial charge in [-0.3, -0.25) is 0 Å². The molecule has 1 aromatic carbocycles. The van der Waals surface area contributed by atoms with Gasteiger partial charge in [-0.25, -0.2) is 0 Å². The average molecular weight is 334 g/mol. The minimum absolute atomic E-state index is 0.324. The molecule has 0 radical (unpaired) electrons. The molecule has 0 bridgehead atoms. The van der Waals surface area contributed by atoms with Gasteiger partial charge in [-0.2, -0.15) is 5.10 Å². The van der Waals surface area contributed by atoms with Crippen LogP contribution in [-0.4, -0.2) is 10.2 Å². The molecule has 0 amide bonds. The summed E-state index contributed by atoms with van der Waals surface area (Å²) in [5.74, 6) is 0.700. The molecule has 3 nitrogen and oxygen atoms in total. The van der Waals surface area contributed by atoms with E-state index >= 15 is 0 Å². The Kier molecular flexibility index (Phi) is 4.20. The van der Waals surface area contributed by atoms with E-state index in [0.717, 1.165) is 4.47 Å². The average Bonchev–Trinajstić information content (AvgIpc) is 2.30. The molecule has 1 heterocycles. The molecular formula is C11H7BrCl2N2O. The number of ether oxygens (including phenoxy) is 1. The van der Waals surface area contributed by atoms with Crippen molar-refractivity contribution in [3.05, 3.63) is 50.7 Å². The van der Waals surface area contributed by atoms with E-state index in [1.165, 1.54) is 0 Å². The standard InChI is InChI=1S/C11H7BrCl2N2O/c12-9-5-7(13)1-3-10(9)17-6-8-2-4-11(14)16-15-8/h1-5H,6H2. The second-order valence-electron chi connectivity index (χ2n) is 3.21. The van der Waals surface area contributed by atoms with Gasteiger partial charge in [0.25, 0.3) is 0 Å². The molecule has 0 atom stereocenters. The van der Waals surface area contributed by atoms with Crippen LogP contribution in [0.15, 0.2) is 34.8 Å². The zero-order valence-electron chi connectivity index (χ0n) is 8.53. The summed E-state index contributed by atoms with van der Waals surface area (Å²) in [6.45, 7) is 0.324. The van der Waals surface area contributed by atoms with E-state index in [2.05, 4.69) is 26.1 Å². The fourth-order valence-electron chi connectivity index (χ4n) is 1.16. The highest BCUT2D eigenvalue weighted by molar-refractivity contribution is 9.10. The van der Waals surface area contributed by atoms with Gasteiger partial charge in [0.05, 0.1) is 4.47 Å². The van der Waals surface area contributed by atoms with Gasteiger partial charge in [-0.1, -0.05) is 23.2 Å². The van der Waals surface area contributed by atoms with Crippen molar-refractivity contribution in [2.75, 3.05) is 0 Å². The molecule has 0 unspecified atom stereocenters. The second-order valence-corrected chi connectivity index (χ2v) is 4.89. The maximum atomic E-state index is 5.83. The molecule has 2 rings (SSSR count). The molecular weight excluding hydrogens is 327 g/mol. The smallest absolute Gasteiger partial charge is 0.151 e. The van der Waals surface area contributed by atoms with Crippen LogP contribution in [0.3, 0.4) is 0 Å². The molecule has 88 valence electrons. The molecule has 0 saturated heterocycles. The van der Waals surface area contributed by atoms with Gasteiger partial charge in [-0.15, -0.1) is 5.10 Å². The van der Waals surface area contributed by atoms with Gasteiger partial charge in [0.15, 0.2) is 5.15 Å². The van der Waals surface area contributed by atoms with Gasteiger partial charge in [-0.05, 0) is 46.3 Å². The Hall–Kier alpha value is -0.840. The Morgan fingerprint density at radius 3 is 2.59 bits per heavy atom. The molecule has 2 aromatic rings. The van der Waals surface area contributed by atoms with E-state index in [4.69, 9.17) is 27.9 Å². The predicted molar refractivity (Wildman–Crippen MR) is 70.5 cm³/mol. The van der Waals surface area contributed by atoms with Crippen molar-refractivity contribution in [1.29, 1.82) is 0 Å². The van der Waals surface area contributed by atoms with E-state index in [1.54, 1.807) is 30.3 Å². The summed E-state index contributed by atoms with van der Waals surface area (Å²) in [7, 11) is 0.